The number of esters is 4. The minimum Gasteiger partial charge on any atom is -0.493 e. The van der Waals surface area contributed by atoms with Crippen molar-refractivity contribution in [3.8, 4) is 11.5 Å². The predicted molar refractivity (Wildman–Crippen MR) is 168 cm³/mol. The maximum Gasteiger partial charge on any atom is 0.419 e. The van der Waals surface area contributed by atoms with E-state index in [1.807, 2.05) is 36.4 Å². The quantitative estimate of drug-likeness (QED) is 0.246. The molecule has 1 fully saturated rings. The van der Waals surface area contributed by atoms with Gasteiger partial charge < -0.3 is 28.4 Å². The largest absolute Gasteiger partial charge is 0.493 e. The summed E-state index contributed by atoms with van der Waals surface area (Å²) in [5, 5.41) is 0. The Bertz CT molecular complexity index is 1460. The molecule has 0 unspecified atom stereocenters. The lowest BCUT2D eigenvalue weighted by atomic mass is 10.1. The Balaban J connectivity index is 1.44. The number of methoxy groups -OCH3 is 2. The van der Waals surface area contributed by atoms with Crippen LogP contribution in [0.4, 0.5) is 0 Å². The topological polar surface area (TPSA) is 130 Å². The normalized spacial score (nSPS) is 19.3. The van der Waals surface area contributed by atoms with Crippen LogP contribution in [0.5, 0.6) is 11.5 Å². The van der Waals surface area contributed by atoms with Crippen LogP contribution >= 0.6 is 0 Å². The van der Waals surface area contributed by atoms with Crippen molar-refractivity contribution >= 4 is 23.9 Å². The van der Waals surface area contributed by atoms with Crippen LogP contribution < -0.4 is 9.47 Å². The Kier molecular flexibility index (Phi) is 10.9. The van der Waals surface area contributed by atoms with E-state index in [4.69, 9.17) is 28.4 Å². The summed E-state index contributed by atoms with van der Waals surface area (Å²) in [5.74, 6) is -7.37. The SMILES string of the molecule is COc1ccc(CCCN2CCCN(CCCCCc3ccccc3)C3(OC(=O)C=CC(=O)O3)C23OC(=O)C=CC(=O)O3)cc1OC. The molecule has 12 heteroatoms. The Morgan fingerprint density at radius 2 is 1.11 bits per heavy atom. The molecule has 3 aliphatic heterocycles. The molecule has 2 spiro atoms. The number of benzene rings is 2. The maximum atomic E-state index is 13.1. The van der Waals surface area contributed by atoms with E-state index >= 15 is 0 Å². The molecule has 3 aliphatic rings. The number of hydrogen-bond donors (Lipinski definition) is 0. The van der Waals surface area contributed by atoms with Gasteiger partial charge in [-0.05, 0) is 61.8 Å². The zero-order valence-electron chi connectivity index (χ0n) is 26.7. The van der Waals surface area contributed by atoms with Crippen LogP contribution in [0.25, 0.3) is 0 Å². The van der Waals surface area contributed by atoms with Gasteiger partial charge in [-0.15, -0.1) is 0 Å². The maximum absolute atomic E-state index is 13.1. The number of hydrogen-bond acceptors (Lipinski definition) is 12. The molecular formula is C35H40N2O10. The highest BCUT2D eigenvalue weighted by Crippen LogP contribution is 2.44. The van der Waals surface area contributed by atoms with E-state index in [-0.39, 0.29) is 19.6 Å². The highest BCUT2D eigenvalue weighted by atomic mass is 16.8. The number of fused-ring (bicyclic) bond motifs is 1. The second-order valence-corrected chi connectivity index (χ2v) is 11.4. The molecule has 0 aliphatic carbocycles. The van der Waals surface area contributed by atoms with Crippen LogP contribution in [0.1, 0.15) is 43.2 Å². The third-order valence-corrected chi connectivity index (χ3v) is 8.33. The van der Waals surface area contributed by atoms with Gasteiger partial charge in [0.15, 0.2) is 11.5 Å². The molecule has 1 saturated heterocycles. The number of carbonyl (C=O) groups excluding carboxylic acids is 4. The molecule has 5 rings (SSSR count). The Morgan fingerprint density at radius 3 is 1.64 bits per heavy atom. The molecule has 12 nitrogen and oxygen atoms in total. The number of unbranched alkanes of at least 4 members (excludes halogenated alkanes) is 2. The summed E-state index contributed by atoms with van der Waals surface area (Å²) >= 11 is 0. The highest BCUT2D eigenvalue weighted by Gasteiger charge is 2.73. The zero-order chi connectivity index (χ0) is 33.3. The van der Waals surface area contributed by atoms with E-state index in [1.165, 1.54) is 5.56 Å². The van der Waals surface area contributed by atoms with Gasteiger partial charge in [0.05, 0.1) is 14.2 Å². The number of ether oxygens (including phenoxy) is 6. The second-order valence-electron chi connectivity index (χ2n) is 11.4. The van der Waals surface area contributed by atoms with E-state index < -0.39 is 35.7 Å². The van der Waals surface area contributed by atoms with Gasteiger partial charge in [0.25, 0.3) is 0 Å². The first kappa shape index (κ1) is 33.7. The van der Waals surface area contributed by atoms with Gasteiger partial charge in [-0.25, -0.2) is 29.0 Å². The Labute approximate surface area is 273 Å². The fourth-order valence-electron chi connectivity index (χ4n) is 6.14. The van der Waals surface area contributed by atoms with E-state index in [1.54, 1.807) is 24.0 Å². The molecule has 250 valence electrons. The predicted octanol–water partition coefficient (Wildman–Crippen LogP) is 3.68. The lowest BCUT2D eigenvalue weighted by Crippen LogP contribution is -2.75. The van der Waals surface area contributed by atoms with Gasteiger partial charge in [-0.3, -0.25) is 0 Å². The molecule has 0 radical (unpaired) electrons. The van der Waals surface area contributed by atoms with Crippen LogP contribution in [0.15, 0.2) is 72.8 Å². The van der Waals surface area contributed by atoms with Gasteiger partial charge in [0.2, 0.25) is 0 Å². The van der Waals surface area contributed by atoms with Crippen molar-refractivity contribution in [2.24, 2.45) is 0 Å². The molecule has 0 amide bonds. The fraction of sp³-hybridized carbons (Fsp3) is 0.429. The minimum atomic E-state index is -2.44. The molecule has 3 heterocycles. The minimum absolute atomic E-state index is 0.212. The fourth-order valence-corrected chi connectivity index (χ4v) is 6.14. The number of aryl methyl sites for hydroxylation is 2. The smallest absolute Gasteiger partial charge is 0.419 e. The monoisotopic (exact) mass is 648 g/mol. The van der Waals surface area contributed by atoms with Crippen molar-refractivity contribution in [1.29, 1.82) is 0 Å². The third kappa shape index (κ3) is 7.66. The van der Waals surface area contributed by atoms with E-state index in [9.17, 15) is 19.2 Å². The molecule has 0 saturated carbocycles. The molecule has 0 N–H and O–H groups in total. The first-order valence-corrected chi connectivity index (χ1v) is 15.8. The van der Waals surface area contributed by atoms with Gasteiger partial charge in [-0.1, -0.05) is 42.8 Å². The van der Waals surface area contributed by atoms with Crippen LogP contribution in [-0.2, 0) is 51.0 Å². The van der Waals surface area contributed by atoms with Crippen molar-refractivity contribution in [3.05, 3.63) is 84.0 Å². The van der Waals surface area contributed by atoms with Crippen molar-refractivity contribution in [2.45, 2.75) is 56.8 Å². The summed E-state index contributed by atoms with van der Waals surface area (Å²) < 4.78 is 34.5. The first-order chi connectivity index (χ1) is 22.8. The zero-order valence-corrected chi connectivity index (χ0v) is 26.7. The third-order valence-electron chi connectivity index (χ3n) is 8.33. The summed E-state index contributed by atoms with van der Waals surface area (Å²) in [7, 11) is 3.12. The molecule has 0 atom stereocenters. The van der Waals surface area contributed by atoms with Crippen molar-refractivity contribution in [2.75, 3.05) is 40.4 Å². The van der Waals surface area contributed by atoms with Gasteiger partial charge in [0, 0.05) is 50.5 Å². The van der Waals surface area contributed by atoms with Crippen LogP contribution in [0.2, 0.25) is 0 Å². The molecule has 0 aromatic heterocycles. The lowest BCUT2D eigenvalue weighted by Gasteiger charge is -2.50. The van der Waals surface area contributed by atoms with Gasteiger partial charge >= 0.3 is 35.7 Å². The summed E-state index contributed by atoms with van der Waals surface area (Å²) in [4.78, 5) is 55.6. The second kappa shape index (κ2) is 15.3. The number of nitrogens with zero attached hydrogens (tertiary/aromatic N) is 2. The average molecular weight is 649 g/mol. The summed E-state index contributed by atoms with van der Waals surface area (Å²) in [5.41, 5.74) is 2.18. The van der Waals surface area contributed by atoms with Crippen LogP contribution in [-0.4, -0.2) is 85.9 Å². The lowest BCUT2D eigenvalue weighted by molar-refractivity contribution is -0.443. The molecule has 0 bridgehead atoms. The highest BCUT2D eigenvalue weighted by molar-refractivity contribution is 5.95. The van der Waals surface area contributed by atoms with Crippen LogP contribution in [0.3, 0.4) is 0 Å². The Morgan fingerprint density at radius 1 is 0.596 bits per heavy atom. The molecule has 2 aromatic rings. The average Bonchev–Trinajstić information content (AvgIpc) is 3.38. The van der Waals surface area contributed by atoms with E-state index in [0.29, 0.717) is 43.7 Å². The standard InChI is InChI=1S/C35H40N2O10/c1-42-28-16-15-27(25-29(28)43-2)14-9-22-37-24-10-23-36(21-8-4-7-13-26-11-5-3-6-12-26)34(44-30(38)17-18-31(39)45-34)35(37)46-32(40)19-20-33(41)47-35/h3,5-6,11-12,15-20,25H,4,7-10,13-14,21-24H2,1-2H3. The molecule has 47 heavy (non-hydrogen) atoms. The number of carbonyl (C=O) groups is 4. The summed E-state index contributed by atoms with van der Waals surface area (Å²) in [6.07, 6.45) is 8.52. The first-order valence-electron chi connectivity index (χ1n) is 15.8. The number of rotatable bonds is 12. The van der Waals surface area contributed by atoms with Crippen molar-refractivity contribution in [3.63, 3.8) is 0 Å². The van der Waals surface area contributed by atoms with Gasteiger partial charge in [0.1, 0.15) is 0 Å². The van der Waals surface area contributed by atoms with Gasteiger partial charge in [-0.2, -0.15) is 0 Å². The summed E-state index contributed by atoms with van der Waals surface area (Å²) in [6, 6.07) is 15.7. The van der Waals surface area contributed by atoms with Crippen molar-refractivity contribution < 1.29 is 47.6 Å². The summed E-state index contributed by atoms with van der Waals surface area (Å²) in [6.45, 7) is 1.06. The van der Waals surface area contributed by atoms with E-state index in [2.05, 4.69) is 12.1 Å². The molecular weight excluding hydrogens is 608 g/mol. The molecule has 2 aromatic carbocycles. The van der Waals surface area contributed by atoms with E-state index in [0.717, 1.165) is 49.1 Å². The van der Waals surface area contributed by atoms with Crippen molar-refractivity contribution in [1.82, 2.24) is 9.80 Å². The van der Waals surface area contributed by atoms with Crippen LogP contribution in [0, 0.1) is 0 Å². The Hall–Kier alpha value is -4.68.